The molecule has 1 aliphatic rings. The Hall–Kier alpha value is -0.480. The molecule has 0 amide bonds. The van der Waals surface area contributed by atoms with Gasteiger partial charge in [-0.3, -0.25) is 0 Å². The summed E-state index contributed by atoms with van der Waals surface area (Å²) in [6, 6.07) is 3.24. The van der Waals surface area contributed by atoms with Crippen molar-refractivity contribution in [1.29, 1.82) is 0 Å². The minimum absolute atomic E-state index is 0.0854. The van der Waals surface area contributed by atoms with Crippen LogP contribution in [0.1, 0.15) is 31.2 Å². The summed E-state index contributed by atoms with van der Waals surface area (Å²) in [6.45, 7) is 1.36. The molecule has 0 aromatic heterocycles. The number of aromatic hydroxyl groups is 1. The van der Waals surface area contributed by atoms with Gasteiger partial charge in [-0.15, -0.1) is 0 Å². The number of nitrogens with one attached hydrogen (secondary N) is 1. The number of benzene rings is 1. The van der Waals surface area contributed by atoms with Crippen molar-refractivity contribution in [3.05, 3.63) is 27.7 Å². The standard InChI is InChI=1S/C14H19Cl2NO2/c15-11-5-10(14(19)13(16)6-11)8-17-7-9-2-1-3-12(18)4-9/h5-6,9,12,17-19H,1-4,7-8H2. The molecule has 3 N–H and O–H groups in total. The lowest BCUT2D eigenvalue weighted by Crippen LogP contribution is -2.28. The third-order valence-electron chi connectivity index (χ3n) is 3.61. The van der Waals surface area contributed by atoms with E-state index in [2.05, 4.69) is 5.32 Å². The molecule has 1 aliphatic carbocycles. The van der Waals surface area contributed by atoms with E-state index in [0.717, 1.165) is 32.2 Å². The second-order valence-electron chi connectivity index (χ2n) is 5.21. The molecule has 1 fully saturated rings. The summed E-state index contributed by atoms with van der Waals surface area (Å²) in [5, 5.41) is 23.5. The Bertz CT molecular complexity index is 440. The highest BCUT2D eigenvalue weighted by atomic mass is 35.5. The van der Waals surface area contributed by atoms with Crippen molar-refractivity contribution < 1.29 is 10.2 Å². The van der Waals surface area contributed by atoms with E-state index in [9.17, 15) is 10.2 Å². The molecule has 106 valence electrons. The van der Waals surface area contributed by atoms with Gasteiger partial charge in [0.05, 0.1) is 11.1 Å². The number of phenolic OH excluding ortho intramolecular Hbond substituents is 1. The van der Waals surface area contributed by atoms with Crippen LogP contribution in [-0.4, -0.2) is 22.9 Å². The van der Waals surface area contributed by atoms with Gasteiger partial charge in [0.25, 0.3) is 0 Å². The molecule has 1 aromatic carbocycles. The normalized spacial score (nSPS) is 23.5. The molecule has 5 heteroatoms. The minimum atomic E-state index is -0.158. The van der Waals surface area contributed by atoms with Gasteiger partial charge in [-0.05, 0) is 43.9 Å². The molecule has 0 radical (unpaired) electrons. The second kappa shape index (κ2) is 6.80. The van der Waals surface area contributed by atoms with Crippen LogP contribution in [0.4, 0.5) is 0 Å². The summed E-state index contributed by atoms with van der Waals surface area (Å²) in [7, 11) is 0. The molecule has 0 saturated heterocycles. The van der Waals surface area contributed by atoms with Gasteiger partial charge < -0.3 is 15.5 Å². The number of hydrogen-bond acceptors (Lipinski definition) is 3. The van der Waals surface area contributed by atoms with Gasteiger partial charge in [0.1, 0.15) is 5.75 Å². The largest absolute Gasteiger partial charge is 0.506 e. The summed E-state index contributed by atoms with van der Waals surface area (Å²) in [5.41, 5.74) is 0.703. The van der Waals surface area contributed by atoms with Crippen LogP contribution in [0.3, 0.4) is 0 Å². The van der Waals surface area contributed by atoms with E-state index in [1.54, 1.807) is 6.07 Å². The Morgan fingerprint density at radius 2 is 2.05 bits per heavy atom. The molecule has 19 heavy (non-hydrogen) atoms. The molecule has 3 nitrogen and oxygen atoms in total. The van der Waals surface area contributed by atoms with Crippen molar-refractivity contribution in [2.45, 2.75) is 38.3 Å². The van der Waals surface area contributed by atoms with E-state index >= 15 is 0 Å². The predicted octanol–water partition coefficient (Wildman–Crippen LogP) is 3.34. The van der Waals surface area contributed by atoms with Gasteiger partial charge >= 0.3 is 0 Å². The van der Waals surface area contributed by atoms with Gasteiger partial charge in [-0.2, -0.15) is 0 Å². The van der Waals surface area contributed by atoms with Crippen molar-refractivity contribution in [3.8, 4) is 5.75 Å². The fourth-order valence-electron chi connectivity index (χ4n) is 2.61. The van der Waals surface area contributed by atoms with E-state index < -0.39 is 0 Å². The zero-order valence-electron chi connectivity index (χ0n) is 10.7. The number of hydrogen-bond donors (Lipinski definition) is 3. The number of aliphatic hydroxyl groups is 1. The molecule has 2 rings (SSSR count). The van der Waals surface area contributed by atoms with Crippen molar-refractivity contribution in [2.24, 2.45) is 5.92 Å². The molecule has 1 saturated carbocycles. The van der Waals surface area contributed by atoms with E-state index in [0.29, 0.717) is 23.0 Å². The molecule has 2 atom stereocenters. The molecule has 0 heterocycles. The minimum Gasteiger partial charge on any atom is -0.506 e. The number of rotatable bonds is 4. The summed E-state index contributed by atoms with van der Waals surface area (Å²) in [5.74, 6) is 0.586. The Balaban J connectivity index is 1.85. The van der Waals surface area contributed by atoms with Crippen LogP contribution in [0.5, 0.6) is 5.75 Å². The SMILES string of the molecule is Oc1c(Cl)cc(Cl)cc1CNCC1CCCC(O)C1. The van der Waals surface area contributed by atoms with Crippen LogP contribution in [0.25, 0.3) is 0 Å². The number of halogens is 2. The van der Waals surface area contributed by atoms with Crippen LogP contribution in [0.2, 0.25) is 10.0 Å². The first-order chi connectivity index (χ1) is 9.06. The van der Waals surface area contributed by atoms with Gasteiger partial charge in [0.15, 0.2) is 0 Å². The van der Waals surface area contributed by atoms with Crippen molar-refractivity contribution >= 4 is 23.2 Å². The average Bonchev–Trinajstić information content (AvgIpc) is 2.35. The fourth-order valence-corrected chi connectivity index (χ4v) is 3.15. The van der Waals surface area contributed by atoms with Crippen LogP contribution < -0.4 is 5.32 Å². The van der Waals surface area contributed by atoms with E-state index in [1.165, 1.54) is 6.07 Å². The zero-order valence-corrected chi connectivity index (χ0v) is 12.2. The first-order valence-corrected chi connectivity index (χ1v) is 7.37. The molecular formula is C14H19Cl2NO2. The number of phenols is 1. The first-order valence-electron chi connectivity index (χ1n) is 6.62. The maximum Gasteiger partial charge on any atom is 0.138 e. The second-order valence-corrected chi connectivity index (χ2v) is 6.06. The van der Waals surface area contributed by atoms with E-state index in [4.69, 9.17) is 23.2 Å². The van der Waals surface area contributed by atoms with Crippen molar-refractivity contribution in [2.75, 3.05) is 6.54 Å². The number of aliphatic hydroxyl groups excluding tert-OH is 1. The molecule has 0 aliphatic heterocycles. The molecule has 2 unspecified atom stereocenters. The lowest BCUT2D eigenvalue weighted by molar-refractivity contribution is 0.101. The summed E-state index contributed by atoms with van der Waals surface area (Å²) in [4.78, 5) is 0. The Kier molecular flexibility index (Phi) is 5.34. The molecule has 1 aromatic rings. The van der Waals surface area contributed by atoms with Crippen molar-refractivity contribution in [1.82, 2.24) is 5.32 Å². The highest BCUT2D eigenvalue weighted by Crippen LogP contribution is 2.31. The fraction of sp³-hybridized carbons (Fsp3) is 0.571. The topological polar surface area (TPSA) is 52.5 Å². The molecular weight excluding hydrogens is 285 g/mol. The first kappa shape index (κ1) is 14.9. The highest BCUT2D eigenvalue weighted by molar-refractivity contribution is 6.35. The van der Waals surface area contributed by atoms with Crippen LogP contribution in [-0.2, 0) is 6.54 Å². The van der Waals surface area contributed by atoms with Gasteiger partial charge in [0.2, 0.25) is 0 Å². The lowest BCUT2D eigenvalue weighted by atomic mass is 9.87. The monoisotopic (exact) mass is 303 g/mol. The summed E-state index contributed by atoms with van der Waals surface area (Å²) in [6.07, 6.45) is 3.85. The maximum atomic E-state index is 9.83. The van der Waals surface area contributed by atoms with Crippen molar-refractivity contribution in [3.63, 3.8) is 0 Å². The Labute approximate surface area is 123 Å². The maximum absolute atomic E-state index is 9.83. The van der Waals surface area contributed by atoms with Gasteiger partial charge in [-0.1, -0.05) is 29.6 Å². The van der Waals surface area contributed by atoms with Crippen LogP contribution >= 0.6 is 23.2 Å². The zero-order chi connectivity index (χ0) is 13.8. The lowest BCUT2D eigenvalue weighted by Gasteiger charge is -2.26. The average molecular weight is 304 g/mol. The third-order valence-corrected chi connectivity index (χ3v) is 4.12. The van der Waals surface area contributed by atoms with Gasteiger partial charge in [-0.25, -0.2) is 0 Å². The predicted molar refractivity (Wildman–Crippen MR) is 77.8 cm³/mol. The smallest absolute Gasteiger partial charge is 0.138 e. The quantitative estimate of drug-likeness (QED) is 0.799. The van der Waals surface area contributed by atoms with E-state index in [1.807, 2.05) is 0 Å². The summed E-state index contributed by atoms with van der Waals surface area (Å²) < 4.78 is 0. The Morgan fingerprint density at radius 1 is 1.26 bits per heavy atom. The van der Waals surface area contributed by atoms with Crippen LogP contribution in [0, 0.1) is 5.92 Å². The van der Waals surface area contributed by atoms with E-state index in [-0.39, 0.29) is 16.9 Å². The molecule has 0 bridgehead atoms. The van der Waals surface area contributed by atoms with Crippen LogP contribution in [0.15, 0.2) is 12.1 Å². The van der Waals surface area contributed by atoms with Gasteiger partial charge in [0, 0.05) is 17.1 Å². The Morgan fingerprint density at radius 3 is 2.79 bits per heavy atom. The molecule has 0 spiro atoms. The third kappa shape index (κ3) is 4.25. The highest BCUT2D eigenvalue weighted by Gasteiger charge is 2.19. The summed E-state index contributed by atoms with van der Waals surface area (Å²) >= 11 is 11.8.